The lowest BCUT2D eigenvalue weighted by atomic mass is 9.78. The van der Waals surface area contributed by atoms with Gasteiger partial charge in [-0.05, 0) is 71.8 Å². The van der Waals surface area contributed by atoms with Crippen molar-refractivity contribution < 1.29 is 9.47 Å². The predicted molar refractivity (Wildman–Crippen MR) is 126 cm³/mol. The van der Waals surface area contributed by atoms with Crippen LogP contribution < -0.4 is 20.9 Å². The Bertz CT molecular complexity index is 1080. The van der Waals surface area contributed by atoms with E-state index in [1.165, 1.54) is 11.1 Å². The molecule has 1 unspecified atom stereocenters. The van der Waals surface area contributed by atoms with Crippen molar-refractivity contribution >= 4 is 5.69 Å². The lowest BCUT2D eigenvalue weighted by molar-refractivity contribution is 0.251. The van der Waals surface area contributed by atoms with E-state index in [2.05, 4.69) is 38.1 Å². The lowest BCUT2D eigenvalue weighted by Gasteiger charge is -2.27. The summed E-state index contributed by atoms with van der Waals surface area (Å²) in [5.41, 5.74) is 15.3. The molecule has 31 heavy (non-hydrogen) atoms. The van der Waals surface area contributed by atoms with Crippen LogP contribution in [0.25, 0.3) is 0 Å². The Balaban J connectivity index is 1.43. The number of nitrogen functional groups attached to an aromatic ring is 1. The number of hydrogen-bond donors (Lipinski definition) is 2. The van der Waals surface area contributed by atoms with Gasteiger partial charge in [-0.25, -0.2) is 0 Å². The van der Waals surface area contributed by atoms with Crippen molar-refractivity contribution in [1.82, 2.24) is 0 Å². The van der Waals surface area contributed by atoms with Crippen LogP contribution in [0.5, 0.6) is 17.2 Å². The quantitative estimate of drug-likeness (QED) is 0.492. The molecule has 4 rings (SSSR count). The van der Waals surface area contributed by atoms with Gasteiger partial charge in [-0.1, -0.05) is 44.2 Å². The van der Waals surface area contributed by atoms with Gasteiger partial charge in [0.15, 0.2) is 0 Å². The number of anilines is 1. The molecule has 1 aliphatic rings. The summed E-state index contributed by atoms with van der Waals surface area (Å²) < 4.78 is 12.0. The molecule has 4 N–H and O–H groups in total. The molecule has 4 nitrogen and oxygen atoms in total. The van der Waals surface area contributed by atoms with Crippen molar-refractivity contribution in [2.75, 3.05) is 5.73 Å². The first kappa shape index (κ1) is 20.6. The number of benzene rings is 3. The molecular weight excluding hydrogens is 384 g/mol. The molecule has 0 heterocycles. The van der Waals surface area contributed by atoms with Crippen LogP contribution in [-0.2, 0) is 5.41 Å². The second kappa shape index (κ2) is 8.60. The number of nitrogens with two attached hydrogens (primary N) is 2. The van der Waals surface area contributed by atoms with Gasteiger partial charge in [-0.3, -0.25) is 0 Å². The first-order valence-electron chi connectivity index (χ1n) is 10.5. The zero-order valence-electron chi connectivity index (χ0n) is 17.9. The molecule has 0 spiro atoms. The monoisotopic (exact) mass is 412 g/mol. The van der Waals surface area contributed by atoms with Crippen LogP contribution in [0.2, 0.25) is 0 Å². The van der Waals surface area contributed by atoms with Crippen LogP contribution in [0.15, 0.2) is 96.7 Å². The molecular formula is C27H28N2O2. The van der Waals surface area contributed by atoms with Crippen molar-refractivity contribution in [2.45, 2.75) is 31.8 Å². The fourth-order valence-corrected chi connectivity index (χ4v) is 3.61. The van der Waals surface area contributed by atoms with Gasteiger partial charge in [-0.2, -0.15) is 0 Å². The minimum atomic E-state index is -0.153. The number of ether oxygens (including phenoxy) is 2. The molecule has 3 aromatic carbocycles. The maximum atomic E-state index is 6.05. The van der Waals surface area contributed by atoms with Crippen LogP contribution in [-0.4, -0.2) is 6.10 Å². The van der Waals surface area contributed by atoms with Gasteiger partial charge in [0.05, 0.1) is 0 Å². The van der Waals surface area contributed by atoms with E-state index in [0.29, 0.717) is 0 Å². The summed E-state index contributed by atoms with van der Waals surface area (Å²) in [5.74, 6) is 2.42. The highest BCUT2D eigenvalue weighted by Gasteiger charge is 2.23. The number of allylic oxidation sites excluding steroid dienone is 1. The standard InChI is InChI=1S/C27H28N2O2/c1-27(2,19-3-11-23(12-4-19)30-25-15-7-21(28)8-16-25)20-5-13-24(14-6-20)31-26-17-9-22(29)10-18-26/h3-17,26H,18,28-29H2,1-2H3. The topological polar surface area (TPSA) is 70.5 Å². The van der Waals surface area contributed by atoms with E-state index >= 15 is 0 Å². The normalized spacial score (nSPS) is 15.9. The zero-order valence-corrected chi connectivity index (χ0v) is 17.9. The van der Waals surface area contributed by atoms with E-state index in [1.807, 2.05) is 66.8 Å². The molecule has 0 aromatic heterocycles. The van der Waals surface area contributed by atoms with Crippen LogP contribution in [0.4, 0.5) is 5.69 Å². The number of rotatable bonds is 6. The highest BCUT2D eigenvalue weighted by Crippen LogP contribution is 2.34. The summed E-state index contributed by atoms with van der Waals surface area (Å²) in [6, 6.07) is 23.9. The summed E-state index contributed by atoms with van der Waals surface area (Å²) >= 11 is 0. The van der Waals surface area contributed by atoms with E-state index in [-0.39, 0.29) is 11.5 Å². The minimum Gasteiger partial charge on any atom is -0.486 e. The van der Waals surface area contributed by atoms with Crippen molar-refractivity contribution in [3.63, 3.8) is 0 Å². The molecule has 0 fully saturated rings. The molecule has 158 valence electrons. The van der Waals surface area contributed by atoms with Gasteiger partial charge < -0.3 is 20.9 Å². The van der Waals surface area contributed by atoms with Crippen molar-refractivity contribution in [2.24, 2.45) is 5.73 Å². The third kappa shape index (κ3) is 4.92. The largest absolute Gasteiger partial charge is 0.486 e. The number of hydrogen-bond acceptors (Lipinski definition) is 4. The van der Waals surface area contributed by atoms with Crippen LogP contribution in [0, 0.1) is 0 Å². The Morgan fingerprint density at radius 2 is 1.26 bits per heavy atom. The van der Waals surface area contributed by atoms with E-state index in [1.54, 1.807) is 0 Å². The van der Waals surface area contributed by atoms with Crippen molar-refractivity contribution in [3.8, 4) is 17.2 Å². The SMILES string of the molecule is CC(C)(c1ccc(Oc2ccc(N)cc2)cc1)c1ccc(OC2C=CC(N)=CC2)cc1. The van der Waals surface area contributed by atoms with Crippen LogP contribution >= 0.6 is 0 Å². The van der Waals surface area contributed by atoms with Gasteiger partial charge >= 0.3 is 0 Å². The molecule has 0 bridgehead atoms. The molecule has 3 aromatic rings. The molecule has 0 radical (unpaired) electrons. The van der Waals surface area contributed by atoms with E-state index in [4.69, 9.17) is 20.9 Å². The Morgan fingerprint density at radius 3 is 1.77 bits per heavy atom. The average molecular weight is 413 g/mol. The average Bonchev–Trinajstić information content (AvgIpc) is 2.78. The summed E-state index contributed by atoms with van der Waals surface area (Å²) in [6.45, 7) is 4.44. The Kier molecular flexibility index (Phi) is 5.72. The third-order valence-electron chi connectivity index (χ3n) is 5.64. The highest BCUT2D eigenvalue weighted by molar-refractivity contribution is 5.45. The van der Waals surface area contributed by atoms with E-state index < -0.39 is 0 Å². The molecule has 0 saturated carbocycles. The second-order valence-electron chi connectivity index (χ2n) is 8.30. The molecule has 0 aliphatic heterocycles. The first-order valence-corrected chi connectivity index (χ1v) is 10.5. The second-order valence-corrected chi connectivity index (χ2v) is 8.30. The molecule has 4 heteroatoms. The fourth-order valence-electron chi connectivity index (χ4n) is 3.61. The third-order valence-corrected chi connectivity index (χ3v) is 5.64. The maximum Gasteiger partial charge on any atom is 0.127 e. The summed E-state index contributed by atoms with van der Waals surface area (Å²) in [5, 5.41) is 0. The smallest absolute Gasteiger partial charge is 0.127 e. The molecule has 1 atom stereocenters. The van der Waals surface area contributed by atoms with Gasteiger partial charge in [0, 0.05) is 23.2 Å². The lowest BCUT2D eigenvalue weighted by Crippen LogP contribution is -2.19. The molecule has 0 amide bonds. The van der Waals surface area contributed by atoms with Crippen LogP contribution in [0.3, 0.4) is 0 Å². The zero-order chi connectivity index (χ0) is 21.8. The predicted octanol–water partition coefficient (Wildman–Crippen LogP) is 5.94. The minimum absolute atomic E-state index is 0.0276. The maximum absolute atomic E-state index is 6.05. The molecule has 1 aliphatic carbocycles. The molecule has 0 saturated heterocycles. The Hall–Kier alpha value is -3.66. The Labute approximate surface area is 183 Å². The summed E-state index contributed by atoms with van der Waals surface area (Å²) in [6.07, 6.45) is 6.70. The van der Waals surface area contributed by atoms with Crippen molar-refractivity contribution in [1.29, 1.82) is 0 Å². The fraction of sp³-hybridized carbons (Fsp3) is 0.185. The summed E-state index contributed by atoms with van der Waals surface area (Å²) in [7, 11) is 0. The van der Waals surface area contributed by atoms with Gasteiger partial charge in [0.25, 0.3) is 0 Å². The van der Waals surface area contributed by atoms with Gasteiger partial charge in [0.2, 0.25) is 0 Å². The van der Waals surface area contributed by atoms with Gasteiger partial charge in [0.1, 0.15) is 23.4 Å². The highest BCUT2D eigenvalue weighted by atomic mass is 16.5. The van der Waals surface area contributed by atoms with Crippen LogP contribution in [0.1, 0.15) is 31.4 Å². The van der Waals surface area contributed by atoms with Crippen molar-refractivity contribution in [3.05, 3.63) is 108 Å². The first-order chi connectivity index (χ1) is 14.9. The van der Waals surface area contributed by atoms with E-state index in [0.717, 1.165) is 35.1 Å². The Morgan fingerprint density at radius 1 is 0.742 bits per heavy atom. The summed E-state index contributed by atoms with van der Waals surface area (Å²) in [4.78, 5) is 0. The van der Waals surface area contributed by atoms with Gasteiger partial charge in [-0.15, -0.1) is 0 Å². The van der Waals surface area contributed by atoms with E-state index in [9.17, 15) is 0 Å².